The Morgan fingerprint density at radius 2 is 1.88 bits per heavy atom. The van der Waals surface area contributed by atoms with Crippen LogP contribution in [-0.4, -0.2) is 29.1 Å². The van der Waals surface area contributed by atoms with E-state index in [4.69, 9.17) is 0 Å². The van der Waals surface area contributed by atoms with Gasteiger partial charge in [0.1, 0.15) is 5.82 Å². The molecule has 4 heteroatoms. The van der Waals surface area contributed by atoms with E-state index >= 15 is 0 Å². The number of amides is 1. The number of aliphatic hydroxyl groups excluding tert-OH is 1. The summed E-state index contributed by atoms with van der Waals surface area (Å²) in [6.45, 7) is 2.28. The second kappa shape index (κ2) is 8.45. The van der Waals surface area contributed by atoms with Crippen LogP contribution in [0.3, 0.4) is 0 Å². The molecule has 1 amide bonds. The molecule has 2 aromatic rings. The van der Waals surface area contributed by atoms with Gasteiger partial charge in [-0.2, -0.15) is 0 Å². The summed E-state index contributed by atoms with van der Waals surface area (Å²) in [5.74, 6) is -0.261. The molecule has 1 atom stereocenters. The van der Waals surface area contributed by atoms with E-state index in [2.05, 4.69) is 18.2 Å². The standard InChI is InChI=1S/C22H26FNO2/c1-16(19-9-8-18-3-2-4-20(18)15-19)24(13-14-25)22(26)12-7-17-5-10-21(23)11-6-17/h5-6,8-11,15-16,25H,2-4,7,12-14H2,1H3. The lowest BCUT2D eigenvalue weighted by molar-refractivity contribution is -0.133. The van der Waals surface area contributed by atoms with Gasteiger partial charge in [-0.05, 0) is 67.0 Å². The average Bonchev–Trinajstić information content (AvgIpc) is 3.12. The summed E-state index contributed by atoms with van der Waals surface area (Å²) in [5.41, 5.74) is 4.86. The van der Waals surface area contributed by atoms with E-state index in [1.54, 1.807) is 17.0 Å². The van der Waals surface area contributed by atoms with Gasteiger partial charge in [-0.3, -0.25) is 4.79 Å². The third-order valence-corrected chi connectivity index (χ3v) is 5.27. The maximum atomic E-state index is 13.0. The molecule has 2 aromatic carbocycles. The molecule has 1 N–H and O–H groups in total. The lowest BCUT2D eigenvalue weighted by Gasteiger charge is -2.29. The molecule has 3 nitrogen and oxygen atoms in total. The normalized spacial score (nSPS) is 14.1. The van der Waals surface area contributed by atoms with Gasteiger partial charge in [-0.15, -0.1) is 0 Å². The number of hydrogen-bond acceptors (Lipinski definition) is 2. The molecule has 1 aliphatic carbocycles. The largest absolute Gasteiger partial charge is 0.395 e. The maximum absolute atomic E-state index is 13.0. The van der Waals surface area contributed by atoms with E-state index in [0.29, 0.717) is 19.4 Å². The van der Waals surface area contributed by atoms with Gasteiger partial charge in [0.25, 0.3) is 0 Å². The zero-order valence-corrected chi connectivity index (χ0v) is 15.2. The van der Waals surface area contributed by atoms with Crippen LogP contribution in [0.15, 0.2) is 42.5 Å². The van der Waals surface area contributed by atoms with Gasteiger partial charge in [-0.1, -0.05) is 30.3 Å². The predicted octanol–water partition coefficient (Wildman–Crippen LogP) is 3.83. The van der Waals surface area contributed by atoms with E-state index in [-0.39, 0.29) is 24.4 Å². The van der Waals surface area contributed by atoms with Gasteiger partial charge in [0.2, 0.25) is 5.91 Å². The number of nitrogens with zero attached hydrogens (tertiary/aromatic N) is 1. The number of aliphatic hydroxyl groups is 1. The molecule has 0 spiro atoms. The zero-order chi connectivity index (χ0) is 18.5. The molecular formula is C22H26FNO2. The second-order valence-corrected chi connectivity index (χ2v) is 6.99. The molecule has 1 unspecified atom stereocenters. The first-order valence-corrected chi connectivity index (χ1v) is 9.35. The van der Waals surface area contributed by atoms with Gasteiger partial charge in [0.05, 0.1) is 12.6 Å². The molecule has 0 saturated carbocycles. The van der Waals surface area contributed by atoms with E-state index in [9.17, 15) is 14.3 Å². The Labute approximate surface area is 154 Å². The highest BCUT2D eigenvalue weighted by Gasteiger charge is 2.22. The molecule has 0 aliphatic heterocycles. The number of benzene rings is 2. The number of rotatable bonds is 7. The number of carbonyl (C=O) groups excluding carboxylic acids is 1. The predicted molar refractivity (Wildman–Crippen MR) is 100 cm³/mol. The fourth-order valence-electron chi connectivity index (χ4n) is 3.72. The fourth-order valence-corrected chi connectivity index (χ4v) is 3.72. The minimum absolute atomic E-state index is 0.0105. The third kappa shape index (κ3) is 4.31. The van der Waals surface area contributed by atoms with Crippen molar-refractivity contribution in [2.24, 2.45) is 0 Å². The molecule has 0 bridgehead atoms. The van der Waals surface area contributed by atoms with Crippen molar-refractivity contribution in [2.75, 3.05) is 13.2 Å². The van der Waals surface area contributed by atoms with Crippen molar-refractivity contribution < 1.29 is 14.3 Å². The summed E-state index contributed by atoms with van der Waals surface area (Å²) in [6.07, 6.45) is 4.36. The van der Waals surface area contributed by atoms with Crippen LogP contribution in [0, 0.1) is 5.82 Å². The van der Waals surface area contributed by atoms with Crippen molar-refractivity contribution in [3.05, 3.63) is 70.5 Å². The summed E-state index contributed by atoms with van der Waals surface area (Å²) >= 11 is 0. The van der Waals surface area contributed by atoms with Crippen molar-refractivity contribution in [1.82, 2.24) is 4.90 Å². The Balaban J connectivity index is 1.68. The Morgan fingerprint density at radius 3 is 2.62 bits per heavy atom. The minimum Gasteiger partial charge on any atom is -0.395 e. The third-order valence-electron chi connectivity index (χ3n) is 5.27. The maximum Gasteiger partial charge on any atom is 0.223 e. The van der Waals surface area contributed by atoms with Crippen LogP contribution < -0.4 is 0 Å². The van der Waals surface area contributed by atoms with Crippen molar-refractivity contribution >= 4 is 5.91 Å². The first-order chi connectivity index (χ1) is 12.6. The van der Waals surface area contributed by atoms with Crippen LogP contribution in [0.25, 0.3) is 0 Å². The van der Waals surface area contributed by atoms with Crippen LogP contribution in [0.2, 0.25) is 0 Å². The van der Waals surface area contributed by atoms with Crippen molar-refractivity contribution in [1.29, 1.82) is 0 Å². The van der Waals surface area contributed by atoms with Gasteiger partial charge in [0.15, 0.2) is 0 Å². The number of fused-ring (bicyclic) bond motifs is 1. The first-order valence-electron chi connectivity index (χ1n) is 9.35. The van der Waals surface area contributed by atoms with Crippen LogP contribution in [0.5, 0.6) is 0 Å². The van der Waals surface area contributed by atoms with Crippen molar-refractivity contribution in [3.8, 4) is 0 Å². The smallest absolute Gasteiger partial charge is 0.223 e. The van der Waals surface area contributed by atoms with Gasteiger partial charge in [-0.25, -0.2) is 4.39 Å². The second-order valence-electron chi connectivity index (χ2n) is 6.99. The highest BCUT2D eigenvalue weighted by atomic mass is 19.1. The summed E-state index contributed by atoms with van der Waals surface area (Å²) in [6, 6.07) is 12.7. The molecule has 3 rings (SSSR count). The van der Waals surface area contributed by atoms with Crippen molar-refractivity contribution in [2.45, 2.75) is 45.1 Å². The number of carbonyl (C=O) groups is 1. The molecule has 0 fully saturated rings. The quantitative estimate of drug-likeness (QED) is 0.820. The lowest BCUT2D eigenvalue weighted by Crippen LogP contribution is -2.36. The Morgan fingerprint density at radius 1 is 1.15 bits per heavy atom. The lowest BCUT2D eigenvalue weighted by atomic mass is 10.0. The van der Waals surface area contributed by atoms with Crippen LogP contribution >= 0.6 is 0 Å². The van der Waals surface area contributed by atoms with E-state index < -0.39 is 0 Å². The Bertz CT molecular complexity index is 757. The van der Waals surface area contributed by atoms with Crippen LogP contribution in [0.1, 0.15) is 48.1 Å². The zero-order valence-electron chi connectivity index (χ0n) is 15.2. The monoisotopic (exact) mass is 355 g/mol. The molecule has 0 saturated heterocycles. The first kappa shape index (κ1) is 18.6. The van der Waals surface area contributed by atoms with E-state index in [1.807, 2.05) is 6.92 Å². The Kier molecular flexibility index (Phi) is 6.04. The van der Waals surface area contributed by atoms with Gasteiger partial charge < -0.3 is 10.0 Å². The van der Waals surface area contributed by atoms with E-state index in [0.717, 1.165) is 24.0 Å². The number of hydrogen-bond donors (Lipinski definition) is 1. The minimum atomic E-state index is -0.271. The van der Waals surface area contributed by atoms with Crippen molar-refractivity contribution in [3.63, 3.8) is 0 Å². The van der Waals surface area contributed by atoms with Crippen LogP contribution in [0.4, 0.5) is 4.39 Å². The van der Waals surface area contributed by atoms with E-state index in [1.165, 1.54) is 29.7 Å². The van der Waals surface area contributed by atoms with Gasteiger partial charge >= 0.3 is 0 Å². The highest BCUT2D eigenvalue weighted by molar-refractivity contribution is 5.77. The summed E-state index contributed by atoms with van der Waals surface area (Å²) < 4.78 is 13.0. The summed E-state index contributed by atoms with van der Waals surface area (Å²) in [4.78, 5) is 14.5. The van der Waals surface area contributed by atoms with Crippen LogP contribution in [-0.2, 0) is 24.1 Å². The SMILES string of the molecule is CC(c1ccc2c(c1)CCC2)N(CCO)C(=O)CCc1ccc(F)cc1. The molecule has 0 heterocycles. The molecule has 0 radical (unpaired) electrons. The topological polar surface area (TPSA) is 40.5 Å². The highest BCUT2D eigenvalue weighted by Crippen LogP contribution is 2.28. The molecule has 138 valence electrons. The molecule has 0 aromatic heterocycles. The Hall–Kier alpha value is -2.20. The fraction of sp³-hybridized carbons (Fsp3) is 0.409. The number of halogens is 1. The van der Waals surface area contributed by atoms with Gasteiger partial charge in [0, 0.05) is 13.0 Å². The summed E-state index contributed by atoms with van der Waals surface area (Å²) in [7, 11) is 0. The number of aryl methyl sites for hydroxylation is 3. The molecule has 26 heavy (non-hydrogen) atoms. The summed E-state index contributed by atoms with van der Waals surface area (Å²) in [5, 5.41) is 9.42. The average molecular weight is 355 g/mol. The molecular weight excluding hydrogens is 329 g/mol. The molecule has 1 aliphatic rings.